The summed E-state index contributed by atoms with van der Waals surface area (Å²) in [6, 6.07) is 14.8. The number of fused-ring (bicyclic) bond motifs is 2. The molecule has 4 rings (SSSR count). The summed E-state index contributed by atoms with van der Waals surface area (Å²) < 4.78 is 5.96. The van der Waals surface area contributed by atoms with Gasteiger partial charge >= 0.3 is 0 Å². The molecule has 0 amide bonds. The van der Waals surface area contributed by atoms with Crippen molar-refractivity contribution in [1.29, 1.82) is 10.5 Å². The third kappa shape index (κ3) is 1.28. The lowest BCUT2D eigenvalue weighted by Gasteiger charge is -2.27. The third-order valence-corrected chi connectivity index (χ3v) is 7.09. The van der Waals surface area contributed by atoms with Gasteiger partial charge in [0.15, 0.2) is 10.8 Å². The van der Waals surface area contributed by atoms with Crippen LogP contribution in [0.2, 0.25) is 0 Å². The number of hydrogen-bond acceptors (Lipinski definition) is 5. The molecule has 1 aliphatic carbocycles. The summed E-state index contributed by atoms with van der Waals surface area (Å²) in [5.41, 5.74) is 4.75. The van der Waals surface area contributed by atoms with Gasteiger partial charge in [-0.05, 0) is 12.0 Å². The molecule has 6 heteroatoms. The van der Waals surface area contributed by atoms with E-state index in [1.54, 1.807) is 11.8 Å². The first-order valence-electron chi connectivity index (χ1n) is 7.59. The van der Waals surface area contributed by atoms with Gasteiger partial charge in [0.2, 0.25) is 0 Å². The molecular weight excluding hydrogens is 308 g/mol. The first-order valence-corrected chi connectivity index (χ1v) is 8.57. The molecule has 1 saturated carbocycles. The van der Waals surface area contributed by atoms with E-state index in [0.29, 0.717) is 18.9 Å². The summed E-state index contributed by atoms with van der Waals surface area (Å²) in [6.45, 7) is 2.54. The van der Waals surface area contributed by atoms with Crippen LogP contribution < -0.4 is 10.7 Å². The van der Waals surface area contributed by atoms with Gasteiger partial charge in [-0.1, -0.05) is 49.0 Å². The van der Waals surface area contributed by atoms with Gasteiger partial charge in [-0.3, -0.25) is 5.73 Å². The number of rotatable bonds is 2. The summed E-state index contributed by atoms with van der Waals surface area (Å²) in [4.78, 5) is 3.14. The number of nitrogens with one attached hydrogen (secondary N) is 1. The molecule has 23 heavy (non-hydrogen) atoms. The van der Waals surface area contributed by atoms with E-state index in [1.807, 2.05) is 37.3 Å². The van der Waals surface area contributed by atoms with E-state index >= 15 is 0 Å². The average Bonchev–Trinajstić information content (AvgIpc) is 2.86. The fourth-order valence-electron chi connectivity index (χ4n) is 4.78. The Balaban J connectivity index is 1.88. The van der Waals surface area contributed by atoms with Crippen molar-refractivity contribution in [3.63, 3.8) is 0 Å². The number of hydrogen-bond donors (Lipinski definition) is 2. The molecule has 4 atom stereocenters. The fourth-order valence-corrected chi connectivity index (χ4v) is 6.22. The second-order valence-electron chi connectivity index (χ2n) is 6.57. The van der Waals surface area contributed by atoms with Crippen LogP contribution in [0.4, 0.5) is 0 Å². The molecule has 0 radical (unpaired) electrons. The minimum atomic E-state index is -1.03. The fraction of sp³-hybridized carbons (Fsp3) is 0.471. The lowest BCUT2D eigenvalue weighted by Crippen LogP contribution is -2.88. The topological polar surface area (TPSA) is 96.8 Å². The zero-order valence-electron chi connectivity index (χ0n) is 12.8. The monoisotopic (exact) mass is 325 g/mol. The largest absolute Gasteiger partial charge is 0.327 e. The van der Waals surface area contributed by atoms with Crippen molar-refractivity contribution in [3.05, 3.63) is 35.9 Å². The van der Waals surface area contributed by atoms with Gasteiger partial charge in [0, 0.05) is 11.2 Å². The molecule has 1 saturated heterocycles. The van der Waals surface area contributed by atoms with E-state index in [-0.39, 0.29) is 0 Å². The van der Waals surface area contributed by atoms with Crippen molar-refractivity contribution >= 4 is 17.6 Å². The highest BCUT2D eigenvalue weighted by molar-refractivity contribution is 8.00. The van der Waals surface area contributed by atoms with Gasteiger partial charge in [-0.25, -0.2) is 4.99 Å². The first kappa shape index (κ1) is 14.6. The Morgan fingerprint density at radius 2 is 2.04 bits per heavy atom. The lowest BCUT2D eigenvalue weighted by molar-refractivity contribution is -0.585. The number of nitriles is 2. The molecule has 3 aliphatic rings. The molecule has 2 aliphatic heterocycles. The highest BCUT2D eigenvalue weighted by atomic mass is 32.2. The van der Waals surface area contributed by atoms with Crippen LogP contribution in [-0.2, 0) is 11.2 Å². The summed E-state index contributed by atoms with van der Waals surface area (Å²) in [7, 11) is 0. The Morgan fingerprint density at radius 3 is 2.61 bits per heavy atom. The van der Waals surface area contributed by atoms with E-state index in [9.17, 15) is 10.5 Å². The number of thioether (sulfide) groups is 1. The Labute approximate surface area is 139 Å². The van der Waals surface area contributed by atoms with Crippen LogP contribution in [0, 0.1) is 38.9 Å². The normalized spacial score (nSPS) is 43.5. The van der Waals surface area contributed by atoms with Crippen LogP contribution in [0.1, 0.15) is 12.5 Å². The van der Waals surface area contributed by atoms with Gasteiger partial charge in [-0.15, -0.1) is 0 Å². The zero-order chi connectivity index (χ0) is 16.3. The second kappa shape index (κ2) is 4.29. The van der Waals surface area contributed by atoms with Crippen LogP contribution >= 0.6 is 11.8 Å². The molecule has 2 heterocycles. The van der Waals surface area contributed by atoms with Crippen LogP contribution in [0.5, 0.6) is 0 Å². The highest BCUT2D eigenvalue weighted by Crippen LogP contribution is 2.84. The molecule has 2 fully saturated rings. The Bertz CT molecular complexity index is 789. The lowest BCUT2D eigenvalue weighted by atomic mass is 9.86. The summed E-state index contributed by atoms with van der Waals surface area (Å²) in [6.07, 6.45) is 0.614. The highest BCUT2D eigenvalue weighted by Gasteiger charge is 3.01. The Kier molecular flexibility index (Phi) is 2.71. The Morgan fingerprint density at radius 1 is 1.30 bits per heavy atom. The van der Waals surface area contributed by atoms with Gasteiger partial charge in [-0.2, -0.15) is 10.5 Å². The smallest absolute Gasteiger partial charge is 0.277 e. The molecule has 0 bridgehead atoms. The summed E-state index contributed by atoms with van der Waals surface area (Å²) >= 11 is 1.55. The third-order valence-electron chi connectivity index (χ3n) is 5.78. The van der Waals surface area contributed by atoms with Crippen LogP contribution in [-0.4, -0.2) is 23.3 Å². The van der Waals surface area contributed by atoms with Crippen molar-refractivity contribution < 1.29 is 9.73 Å². The molecule has 0 unspecified atom stereocenters. The molecular formula is C17H17N4OS+. The first-order chi connectivity index (χ1) is 11.0. The van der Waals surface area contributed by atoms with Gasteiger partial charge in [0.1, 0.15) is 0 Å². The average molecular weight is 325 g/mol. The summed E-state index contributed by atoms with van der Waals surface area (Å²) in [5, 5.41) is 19.2. The maximum Gasteiger partial charge on any atom is 0.277 e. The molecule has 5 nitrogen and oxygen atoms in total. The van der Waals surface area contributed by atoms with Gasteiger partial charge in [0.05, 0.1) is 18.7 Å². The van der Waals surface area contributed by atoms with Crippen molar-refractivity contribution in [3.8, 4) is 12.1 Å². The molecule has 3 N–H and O–H groups in total. The maximum absolute atomic E-state index is 10.1. The van der Waals surface area contributed by atoms with E-state index < -0.39 is 21.3 Å². The van der Waals surface area contributed by atoms with E-state index in [4.69, 9.17) is 10.5 Å². The maximum atomic E-state index is 10.1. The standard InChI is InChI=1S/C17H16N4OS/c1-14(9-12-5-3-2-4-6-12)15(10-18)13(20)21-17(16(14,15)11-19)22-7-8-23-17/h2-6H,7-9H2,1H3,(H2,20,21)/p+1/t14-,15+,16-,17-/m1/s1. The number of nitrogens with two attached hydrogens (primary N) is 1. The number of nitrogens with zero attached hydrogens (tertiary/aromatic N) is 2. The quantitative estimate of drug-likeness (QED) is 0.806. The Hall–Kier alpha value is -2.02. The van der Waals surface area contributed by atoms with E-state index in [0.717, 1.165) is 11.3 Å². The minimum Gasteiger partial charge on any atom is -0.327 e. The van der Waals surface area contributed by atoms with Crippen molar-refractivity contribution in [2.45, 2.75) is 18.4 Å². The SMILES string of the molecule is C[C@@]1(Cc2ccccc2)[C@]2(C#N)C(N)=[NH+][C@@]3(OCCS3)[C@]12C#N. The second-order valence-corrected chi connectivity index (χ2v) is 7.84. The molecule has 116 valence electrons. The predicted molar refractivity (Wildman–Crippen MR) is 85.6 cm³/mol. The zero-order valence-corrected chi connectivity index (χ0v) is 13.6. The van der Waals surface area contributed by atoms with Gasteiger partial charge in [0.25, 0.3) is 10.9 Å². The molecule has 1 spiro atoms. The molecule has 1 aromatic carbocycles. The summed E-state index contributed by atoms with van der Waals surface area (Å²) in [5.74, 6) is 1.15. The van der Waals surface area contributed by atoms with Gasteiger partial charge < -0.3 is 4.74 Å². The van der Waals surface area contributed by atoms with Crippen LogP contribution in [0.15, 0.2) is 30.3 Å². The van der Waals surface area contributed by atoms with Crippen LogP contribution in [0.3, 0.4) is 0 Å². The minimum absolute atomic E-state index is 0.370. The van der Waals surface area contributed by atoms with Crippen LogP contribution in [0.25, 0.3) is 0 Å². The van der Waals surface area contributed by atoms with Crippen molar-refractivity contribution in [2.24, 2.45) is 22.0 Å². The van der Waals surface area contributed by atoms with E-state index in [2.05, 4.69) is 17.1 Å². The molecule has 0 aromatic heterocycles. The number of amidine groups is 1. The van der Waals surface area contributed by atoms with E-state index in [1.165, 1.54) is 0 Å². The number of ether oxygens (including phenoxy) is 1. The number of benzene rings is 1. The van der Waals surface area contributed by atoms with Crippen molar-refractivity contribution in [2.75, 3.05) is 12.4 Å². The predicted octanol–water partition coefficient (Wildman–Crippen LogP) is 0.138. The molecule has 1 aromatic rings. The van der Waals surface area contributed by atoms with Crippen molar-refractivity contribution in [1.82, 2.24) is 0 Å².